The Kier molecular flexibility index (Phi) is 9.21. The summed E-state index contributed by atoms with van der Waals surface area (Å²) in [5, 5.41) is 10.3. The maximum Gasteiger partial charge on any atom is 0.140 e. The molecule has 188 valence electrons. The van der Waals surface area contributed by atoms with Crippen LogP contribution in [0.3, 0.4) is 0 Å². The smallest absolute Gasteiger partial charge is 0.140 e. The largest absolute Gasteiger partial charge is 0.506 e. The lowest BCUT2D eigenvalue weighted by Crippen LogP contribution is -2.26. The van der Waals surface area contributed by atoms with Crippen molar-refractivity contribution in [3.8, 4) is 28.4 Å². The highest BCUT2D eigenvalue weighted by Crippen LogP contribution is 2.32. The molecule has 4 aromatic rings. The molecule has 36 heavy (non-hydrogen) atoms. The number of phenolic OH excluding ortho intramolecular Hbond substituents is 1. The fourth-order valence-corrected chi connectivity index (χ4v) is 4.76. The fraction of sp³-hybridized carbons (Fsp3) is 0.323. The minimum absolute atomic E-state index is 0.122. The van der Waals surface area contributed by atoms with Gasteiger partial charge in [-0.2, -0.15) is 0 Å². The number of imidazole rings is 1. The second-order valence-corrected chi connectivity index (χ2v) is 9.73. The standard InChI is InChI=1S/C31H36ClN3O/c1-3-5-19-34(22-24-17-18-29(36)27(32)21-24)23-28-30(25-13-9-7-10-14-25)33-31(35(28)20-6-4-2)26-15-11-8-12-16-26/h7-18,21,36H,3-6,19-20,22-23H2,1-2H3. The Morgan fingerprint density at radius 1 is 0.833 bits per heavy atom. The summed E-state index contributed by atoms with van der Waals surface area (Å²) in [5.74, 6) is 1.15. The van der Waals surface area contributed by atoms with Gasteiger partial charge in [0.05, 0.1) is 16.4 Å². The average Bonchev–Trinajstić information content (AvgIpc) is 3.27. The zero-order chi connectivity index (χ0) is 25.3. The Balaban J connectivity index is 1.79. The lowest BCUT2D eigenvalue weighted by Gasteiger charge is -2.24. The molecule has 1 aromatic heterocycles. The molecule has 0 amide bonds. The second kappa shape index (κ2) is 12.8. The quantitative estimate of drug-likeness (QED) is 0.213. The number of phenols is 1. The third-order valence-corrected chi connectivity index (χ3v) is 6.81. The summed E-state index contributed by atoms with van der Waals surface area (Å²) in [7, 11) is 0. The van der Waals surface area contributed by atoms with Crippen LogP contribution in [0.25, 0.3) is 22.6 Å². The highest BCUT2D eigenvalue weighted by molar-refractivity contribution is 6.32. The molecule has 4 nitrogen and oxygen atoms in total. The molecule has 0 unspecified atom stereocenters. The number of aromatic nitrogens is 2. The van der Waals surface area contributed by atoms with Crippen molar-refractivity contribution in [2.24, 2.45) is 0 Å². The second-order valence-electron chi connectivity index (χ2n) is 9.32. The van der Waals surface area contributed by atoms with Gasteiger partial charge >= 0.3 is 0 Å². The molecule has 5 heteroatoms. The minimum Gasteiger partial charge on any atom is -0.506 e. The fourth-order valence-electron chi connectivity index (χ4n) is 4.55. The van der Waals surface area contributed by atoms with E-state index in [9.17, 15) is 5.11 Å². The summed E-state index contributed by atoms with van der Waals surface area (Å²) in [4.78, 5) is 7.73. The Bertz CT molecular complexity index is 1240. The van der Waals surface area contributed by atoms with E-state index >= 15 is 0 Å². The van der Waals surface area contributed by atoms with Crippen molar-refractivity contribution < 1.29 is 5.11 Å². The summed E-state index contributed by atoms with van der Waals surface area (Å²) in [6, 6.07) is 26.6. The topological polar surface area (TPSA) is 41.3 Å². The van der Waals surface area contributed by atoms with Gasteiger partial charge < -0.3 is 9.67 Å². The lowest BCUT2D eigenvalue weighted by molar-refractivity contribution is 0.246. The van der Waals surface area contributed by atoms with Crippen molar-refractivity contribution in [2.45, 2.75) is 59.2 Å². The first kappa shape index (κ1) is 26.0. The van der Waals surface area contributed by atoms with Crippen molar-refractivity contribution >= 4 is 11.6 Å². The molecule has 0 fully saturated rings. The zero-order valence-corrected chi connectivity index (χ0v) is 22.1. The molecule has 0 saturated carbocycles. The number of hydrogen-bond donors (Lipinski definition) is 1. The summed E-state index contributed by atoms with van der Waals surface area (Å²) < 4.78 is 2.43. The first-order valence-corrected chi connectivity index (χ1v) is 13.4. The van der Waals surface area contributed by atoms with E-state index in [2.05, 4.69) is 84.0 Å². The predicted octanol–water partition coefficient (Wildman–Crippen LogP) is 8.18. The van der Waals surface area contributed by atoms with Gasteiger partial charge in [0, 0.05) is 30.8 Å². The summed E-state index contributed by atoms with van der Waals surface area (Å²) in [5.41, 5.74) is 5.67. The number of rotatable bonds is 12. The van der Waals surface area contributed by atoms with Gasteiger partial charge in [-0.25, -0.2) is 4.98 Å². The molecule has 0 aliphatic heterocycles. The van der Waals surface area contributed by atoms with Crippen molar-refractivity contribution in [1.82, 2.24) is 14.5 Å². The van der Waals surface area contributed by atoms with Crippen LogP contribution in [0.1, 0.15) is 50.8 Å². The summed E-state index contributed by atoms with van der Waals surface area (Å²) in [6.45, 7) is 7.91. The highest BCUT2D eigenvalue weighted by atomic mass is 35.5. The Morgan fingerprint density at radius 2 is 1.50 bits per heavy atom. The summed E-state index contributed by atoms with van der Waals surface area (Å²) in [6.07, 6.45) is 4.46. The molecule has 1 heterocycles. The maximum absolute atomic E-state index is 9.89. The Morgan fingerprint density at radius 3 is 2.14 bits per heavy atom. The highest BCUT2D eigenvalue weighted by Gasteiger charge is 2.22. The van der Waals surface area contributed by atoms with Crippen molar-refractivity contribution in [1.29, 1.82) is 0 Å². The average molecular weight is 502 g/mol. The predicted molar refractivity (Wildman–Crippen MR) is 150 cm³/mol. The van der Waals surface area contributed by atoms with Gasteiger partial charge in [0.25, 0.3) is 0 Å². The molecule has 0 spiro atoms. The number of unbranched alkanes of at least 4 members (excludes halogenated alkanes) is 2. The van der Waals surface area contributed by atoms with E-state index in [0.717, 1.165) is 80.1 Å². The van der Waals surface area contributed by atoms with Gasteiger partial charge in [0.2, 0.25) is 0 Å². The molecule has 0 aliphatic carbocycles. The van der Waals surface area contributed by atoms with Crippen LogP contribution in [0.2, 0.25) is 5.02 Å². The van der Waals surface area contributed by atoms with Crippen LogP contribution in [-0.2, 0) is 19.6 Å². The monoisotopic (exact) mass is 501 g/mol. The molecule has 1 N–H and O–H groups in total. The molecule has 0 aliphatic rings. The van der Waals surface area contributed by atoms with E-state index in [4.69, 9.17) is 16.6 Å². The molecule has 0 atom stereocenters. The summed E-state index contributed by atoms with van der Waals surface area (Å²) >= 11 is 6.24. The van der Waals surface area contributed by atoms with Crippen molar-refractivity contribution in [2.75, 3.05) is 6.54 Å². The van der Waals surface area contributed by atoms with E-state index in [0.29, 0.717) is 5.02 Å². The molecular weight excluding hydrogens is 466 g/mol. The minimum atomic E-state index is 0.122. The molecule has 3 aromatic carbocycles. The number of halogens is 1. The third-order valence-electron chi connectivity index (χ3n) is 6.51. The number of benzene rings is 3. The van der Waals surface area contributed by atoms with Crippen molar-refractivity contribution in [3.05, 3.63) is 95.1 Å². The zero-order valence-electron chi connectivity index (χ0n) is 21.3. The van der Waals surface area contributed by atoms with Crippen LogP contribution in [-0.4, -0.2) is 26.1 Å². The molecule has 4 rings (SSSR count). The van der Waals surface area contributed by atoms with E-state index in [1.165, 1.54) is 5.69 Å². The van der Waals surface area contributed by atoms with Gasteiger partial charge in [-0.15, -0.1) is 0 Å². The number of aromatic hydroxyl groups is 1. The number of hydrogen-bond acceptors (Lipinski definition) is 3. The molecule has 0 radical (unpaired) electrons. The van der Waals surface area contributed by atoms with E-state index in [-0.39, 0.29) is 5.75 Å². The van der Waals surface area contributed by atoms with Crippen LogP contribution in [0.4, 0.5) is 0 Å². The van der Waals surface area contributed by atoms with Crippen LogP contribution in [0.5, 0.6) is 5.75 Å². The van der Waals surface area contributed by atoms with Gasteiger partial charge in [0.1, 0.15) is 11.6 Å². The first-order valence-electron chi connectivity index (χ1n) is 13.0. The number of nitrogens with zero attached hydrogens (tertiary/aromatic N) is 3. The van der Waals surface area contributed by atoms with Crippen LogP contribution < -0.4 is 0 Å². The SMILES string of the molecule is CCCCN(Cc1ccc(O)c(Cl)c1)Cc1c(-c2ccccc2)nc(-c2ccccc2)n1CCCC. The van der Waals surface area contributed by atoms with E-state index in [1.54, 1.807) is 6.07 Å². The third kappa shape index (κ3) is 6.37. The molecule has 0 bridgehead atoms. The van der Waals surface area contributed by atoms with Crippen LogP contribution >= 0.6 is 11.6 Å². The van der Waals surface area contributed by atoms with Gasteiger partial charge in [0.15, 0.2) is 0 Å². The van der Waals surface area contributed by atoms with Gasteiger partial charge in [-0.05, 0) is 37.1 Å². The van der Waals surface area contributed by atoms with Crippen LogP contribution in [0, 0.1) is 0 Å². The lowest BCUT2D eigenvalue weighted by atomic mass is 10.1. The molecule has 0 saturated heterocycles. The Hall–Kier alpha value is -3.08. The Labute approximate surface area is 220 Å². The van der Waals surface area contributed by atoms with E-state index in [1.807, 2.05) is 12.1 Å². The maximum atomic E-state index is 9.89. The van der Waals surface area contributed by atoms with Crippen molar-refractivity contribution in [3.63, 3.8) is 0 Å². The molecular formula is C31H36ClN3O. The van der Waals surface area contributed by atoms with Crippen LogP contribution in [0.15, 0.2) is 78.9 Å². The normalized spacial score (nSPS) is 11.3. The van der Waals surface area contributed by atoms with Gasteiger partial charge in [-0.1, -0.05) is 105 Å². The van der Waals surface area contributed by atoms with E-state index < -0.39 is 0 Å². The first-order chi connectivity index (χ1) is 17.6. The van der Waals surface area contributed by atoms with Gasteiger partial charge in [-0.3, -0.25) is 4.90 Å².